The first kappa shape index (κ1) is 13.3. The Morgan fingerprint density at radius 3 is 2.35 bits per heavy atom. The summed E-state index contributed by atoms with van der Waals surface area (Å²) < 4.78 is 5.24. The maximum Gasteiger partial charge on any atom is 0.0589 e. The molecule has 2 aliphatic rings. The highest BCUT2D eigenvalue weighted by Gasteiger charge is 2.35. The molecule has 0 amide bonds. The van der Waals surface area contributed by atoms with Crippen LogP contribution in [0.5, 0.6) is 0 Å². The summed E-state index contributed by atoms with van der Waals surface area (Å²) in [6.45, 7) is 4.25. The molecule has 0 spiro atoms. The third kappa shape index (κ3) is 3.67. The van der Waals surface area contributed by atoms with Crippen molar-refractivity contribution >= 4 is 0 Å². The molecule has 1 atom stereocenters. The summed E-state index contributed by atoms with van der Waals surface area (Å²) >= 11 is 0. The minimum atomic E-state index is -0.0493. The molecule has 2 saturated carbocycles. The molecule has 100 valence electrons. The Kier molecular flexibility index (Phi) is 4.83. The maximum absolute atomic E-state index is 9.60. The highest BCUT2D eigenvalue weighted by Crippen LogP contribution is 2.37. The van der Waals surface area contributed by atoms with Gasteiger partial charge in [-0.15, -0.1) is 0 Å². The lowest BCUT2D eigenvalue weighted by atomic mass is 9.90. The lowest BCUT2D eigenvalue weighted by Crippen LogP contribution is -2.46. The van der Waals surface area contributed by atoms with E-state index < -0.39 is 0 Å². The van der Waals surface area contributed by atoms with Crippen LogP contribution in [0.25, 0.3) is 0 Å². The van der Waals surface area contributed by atoms with Crippen molar-refractivity contribution in [3.8, 4) is 0 Å². The monoisotopic (exact) mass is 241 g/mol. The fraction of sp³-hybridized carbons (Fsp3) is 1.00. The van der Waals surface area contributed by atoms with Crippen LogP contribution < -0.4 is 0 Å². The molecule has 0 aromatic rings. The molecule has 0 radical (unpaired) electrons. The van der Waals surface area contributed by atoms with Crippen LogP contribution in [0.3, 0.4) is 0 Å². The second-order valence-corrected chi connectivity index (χ2v) is 5.77. The molecule has 0 heterocycles. The van der Waals surface area contributed by atoms with Gasteiger partial charge in [-0.25, -0.2) is 0 Å². The molecule has 0 aliphatic heterocycles. The summed E-state index contributed by atoms with van der Waals surface area (Å²) in [5.74, 6) is 0.915. The number of hydrogen-bond acceptors (Lipinski definition) is 3. The van der Waals surface area contributed by atoms with Gasteiger partial charge in [0.05, 0.1) is 12.7 Å². The van der Waals surface area contributed by atoms with Gasteiger partial charge < -0.3 is 9.84 Å². The second-order valence-electron chi connectivity index (χ2n) is 5.77. The fourth-order valence-electron chi connectivity index (χ4n) is 3.15. The van der Waals surface area contributed by atoms with E-state index in [1.807, 2.05) is 0 Å². The van der Waals surface area contributed by atoms with Gasteiger partial charge in [0, 0.05) is 25.7 Å². The Labute approximate surface area is 105 Å². The Morgan fingerprint density at radius 2 is 1.82 bits per heavy atom. The van der Waals surface area contributed by atoms with E-state index in [4.69, 9.17) is 4.74 Å². The molecule has 3 heteroatoms. The van der Waals surface area contributed by atoms with Gasteiger partial charge >= 0.3 is 0 Å². The SMILES string of the molecule is COCCN(C1CCC(O)CC1)C(C)C1CC1. The smallest absolute Gasteiger partial charge is 0.0589 e. The average Bonchev–Trinajstić information content (AvgIpc) is 3.15. The molecule has 2 aliphatic carbocycles. The van der Waals surface area contributed by atoms with Crippen molar-refractivity contribution in [2.24, 2.45) is 5.92 Å². The minimum Gasteiger partial charge on any atom is -0.393 e. The van der Waals surface area contributed by atoms with Crippen LogP contribution in [-0.2, 0) is 4.74 Å². The third-order valence-corrected chi connectivity index (χ3v) is 4.52. The lowest BCUT2D eigenvalue weighted by molar-refractivity contribution is 0.0339. The van der Waals surface area contributed by atoms with Gasteiger partial charge in [-0.05, 0) is 51.4 Å². The van der Waals surface area contributed by atoms with Crippen molar-refractivity contribution in [3.05, 3.63) is 0 Å². The van der Waals surface area contributed by atoms with E-state index in [-0.39, 0.29) is 6.10 Å². The van der Waals surface area contributed by atoms with Crippen LogP contribution in [0.4, 0.5) is 0 Å². The van der Waals surface area contributed by atoms with Crippen LogP contribution in [0.1, 0.15) is 45.4 Å². The van der Waals surface area contributed by atoms with Gasteiger partial charge in [0.25, 0.3) is 0 Å². The number of ether oxygens (including phenoxy) is 1. The van der Waals surface area contributed by atoms with Crippen molar-refractivity contribution < 1.29 is 9.84 Å². The molecule has 0 aromatic carbocycles. The molecular weight excluding hydrogens is 214 g/mol. The van der Waals surface area contributed by atoms with Gasteiger partial charge in [-0.2, -0.15) is 0 Å². The number of methoxy groups -OCH3 is 1. The van der Waals surface area contributed by atoms with Crippen LogP contribution >= 0.6 is 0 Å². The average molecular weight is 241 g/mol. The molecule has 0 saturated heterocycles. The largest absolute Gasteiger partial charge is 0.393 e. The molecule has 17 heavy (non-hydrogen) atoms. The topological polar surface area (TPSA) is 32.7 Å². The third-order valence-electron chi connectivity index (χ3n) is 4.52. The van der Waals surface area contributed by atoms with Crippen molar-refractivity contribution in [3.63, 3.8) is 0 Å². The molecule has 0 aromatic heterocycles. The van der Waals surface area contributed by atoms with Gasteiger partial charge in [0.2, 0.25) is 0 Å². The first-order valence-corrected chi connectivity index (χ1v) is 7.15. The number of rotatable bonds is 6. The number of nitrogens with zero attached hydrogens (tertiary/aromatic N) is 1. The quantitative estimate of drug-likeness (QED) is 0.772. The van der Waals surface area contributed by atoms with Crippen molar-refractivity contribution in [2.75, 3.05) is 20.3 Å². The van der Waals surface area contributed by atoms with Crippen LogP contribution in [0.15, 0.2) is 0 Å². The Balaban J connectivity index is 1.88. The first-order chi connectivity index (χ1) is 8.22. The van der Waals surface area contributed by atoms with Crippen molar-refractivity contribution in [2.45, 2.75) is 63.6 Å². The van der Waals surface area contributed by atoms with E-state index in [2.05, 4.69) is 11.8 Å². The Morgan fingerprint density at radius 1 is 1.18 bits per heavy atom. The molecule has 2 rings (SSSR count). The molecule has 1 N–H and O–H groups in total. The molecule has 1 unspecified atom stereocenters. The predicted octanol–water partition coefficient (Wildman–Crippen LogP) is 2.04. The summed E-state index contributed by atoms with van der Waals surface area (Å²) in [4.78, 5) is 2.65. The van der Waals surface area contributed by atoms with E-state index in [1.54, 1.807) is 7.11 Å². The van der Waals surface area contributed by atoms with Gasteiger partial charge in [-0.3, -0.25) is 4.90 Å². The molecular formula is C14H27NO2. The Bertz CT molecular complexity index is 222. The molecule has 0 bridgehead atoms. The summed E-state index contributed by atoms with van der Waals surface area (Å²) in [7, 11) is 1.78. The van der Waals surface area contributed by atoms with Crippen LogP contribution in [0, 0.1) is 5.92 Å². The van der Waals surface area contributed by atoms with E-state index in [0.29, 0.717) is 12.1 Å². The van der Waals surface area contributed by atoms with E-state index in [1.165, 1.54) is 12.8 Å². The van der Waals surface area contributed by atoms with Gasteiger partial charge in [-0.1, -0.05) is 0 Å². The van der Waals surface area contributed by atoms with Gasteiger partial charge in [0.1, 0.15) is 0 Å². The van der Waals surface area contributed by atoms with Gasteiger partial charge in [0.15, 0.2) is 0 Å². The number of aliphatic hydroxyl groups is 1. The molecule has 2 fully saturated rings. The first-order valence-electron chi connectivity index (χ1n) is 7.15. The normalized spacial score (nSPS) is 31.8. The number of aliphatic hydroxyl groups excluding tert-OH is 1. The zero-order valence-electron chi connectivity index (χ0n) is 11.3. The predicted molar refractivity (Wildman–Crippen MR) is 69.0 cm³/mol. The van der Waals surface area contributed by atoms with E-state index >= 15 is 0 Å². The summed E-state index contributed by atoms with van der Waals surface area (Å²) in [5, 5.41) is 9.60. The van der Waals surface area contributed by atoms with Crippen molar-refractivity contribution in [1.29, 1.82) is 0 Å². The van der Waals surface area contributed by atoms with Crippen LogP contribution in [-0.4, -0.2) is 48.5 Å². The molecule has 3 nitrogen and oxygen atoms in total. The van der Waals surface area contributed by atoms with Crippen molar-refractivity contribution in [1.82, 2.24) is 4.90 Å². The highest BCUT2D eigenvalue weighted by atomic mass is 16.5. The van der Waals surface area contributed by atoms with E-state index in [9.17, 15) is 5.11 Å². The second kappa shape index (κ2) is 6.17. The zero-order valence-corrected chi connectivity index (χ0v) is 11.3. The Hall–Kier alpha value is -0.120. The maximum atomic E-state index is 9.60. The highest BCUT2D eigenvalue weighted by molar-refractivity contribution is 4.90. The minimum absolute atomic E-state index is 0.0493. The number of hydrogen-bond donors (Lipinski definition) is 1. The summed E-state index contributed by atoms with van der Waals surface area (Å²) in [5.41, 5.74) is 0. The standard InChI is InChI=1S/C14H27NO2/c1-11(12-3-4-12)15(9-10-17-2)13-5-7-14(16)8-6-13/h11-14,16H,3-10H2,1-2H3. The summed E-state index contributed by atoms with van der Waals surface area (Å²) in [6, 6.07) is 1.37. The van der Waals surface area contributed by atoms with Crippen LogP contribution in [0.2, 0.25) is 0 Å². The fourth-order valence-corrected chi connectivity index (χ4v) is 3.15. The summed E-state index contributed by atoms with van der Waals surface area (Å²) in [6.07, 6.45) is 7.02. The van der Waals surface area contributed by atoms with E-state index in [0.717, 1.165) is 44.8 Å². The lowest BCUT2D eigenvalue weighted by Gasteiger charge is -2.39. The zero-order chi connectivity index (χ0) is 12.3.